The fourth-order valence-corrected chi connectivity index (χ4v) is 6.32. The highest BCUT2D eigenvalue weighted by atomic mass is 16.6. The largest absolute Gasteiger partial charge is 0.501 e. The molecule has 2 saturated carbocycles. The number of carbonyl (C=O) groups excluding carboxylic acids is 4. The third kappa shape index (κ3) is 1.53. The molecule has 4 fully saturated rings. The van der Waals surface area contributed by atoms with E-state index in [-0.39, 0.29) is 0 Å². The molecular formula is C18H18O7. The average molecular weight is 346 g/mol. The minimum Gasteiger partial charge on any atom is -0.501 e. The lowest BCUT2D eigenvalue weighted by atomic mass is 9.42. The van der Waals surface area contributed by atoms with Gasteiger partial charge in [-0.3, -0.25) is 19.2 Å². The first-order valence-electron chi connectivity index (χ1n) is 8.81. The maximum absolute atomic E-state index is 12.6. The van der Waals surface area contributed by atoms with Gasteiger partial charge >= 0.3 is 23.9 Å². The fourth-order valence-electron chi connectivity index (χ4n) is 6.32. The SMILES string of the molecule is COC1=C2CCCCCC23[C@@H]2C(=O)OC(=O)[C@@H]2C1[C@@H]1C(=O)OC(=O)[C@@H]13. The van der Waals surface area contributed by atoms with Crippen LogP contribution in [0.2, 0.25) is 0 Å². The number of hydrogen-bond acceptors (Lipinski definition) is 7. The van der Waals surface area contributed by atoms with Crippen molar-refractivity contribution in [3.8, 4) is 0 Å². The van der Waals surface area contributed by atoms with Gasteiger partial charge in [-0.15, -0.1) is 0 Å². The fraction of sp³-hybridized carbons (Fsp3) is 0.667. The molecule has 2 aliphatic heterocycles. The maximum atomic E-state index is 12.6. The monoisotopic (exact) mass is 346 g/mol. The Morgan fingerprint density at radius 3 is 2.00 bits per heavy atom. The zero-order valence-corrected chi connectivity index (χ0v) is 13.8. The van der Waals surface area contributed by atoms with Gasteiger partial charge in [-0.1, -0.05) is 12.8 Å². The van der Waals surface area contributed by atoms with Gasteiger partial charge in [-0.25, -0.2) is 0 Å². The zero-order chi connectivity index (χ0) is 17.5. The predicted molar refractivity (Wildman–Crippen MR) is 79.2 cm³/mol. The van der Waals surface area contributed by atoms with Crippen molar-refractivity contribution in [1.29, 1.82) is 0 Å². The second-order valence-electron chi connectivity index (χ2n) is 7.66. The van der Waals surface area contributed by atoms with Gasteiger partial charge in [0, 0.05) is 11.3 Å². The summed E-state index contributed by atoms with van der Waals surface area (Å²) in [6, 6.07) is 0. The van der Waals surface area contributed by atoms with Gasteiger partial charge in [0.1, 0.15) is 5.76 Å². The number of carbonyl (C=O) groups is 4. The quantitative estimate of drug-likeness (QED) is 0.518. The molecule has 7 heteroatoms. The van der Waals surface area contributed by atoms with E-state index in [9.17, 15) is 19.2 Å². The summed E-state index contributed by atoms with van der Waals surface area (Å²) in [7, 11) is 1.52. The second kappa shape index (κ2) is 4.71. The Morgan fingerprint density at radius 2 is 1.44 bits per heavy atom. The Morgan fingerprint density at radius 1 is 0.840 bits per heavy atom. The number of cyclic esters (lactones) is 4. The van der Waals surface area contributed by atoms with E-state index >= 15 is 0 Å². The van der Waals surface area contributed by atoms with Crippen molar-refractivity contribution in [3.63, 3.8) is 0 Å². The average Bonchev–Trinajstić information content (AvgIpc) is 2.95. The molecule has 4 aliphatic carbocycles. The van der Waals surface area contributed by atoms with Crippen LogP contribution in [0.3, 0.4) is 0 Å². The first-order chi connectivity index (χ1) is 12.0. The van der Waals surface area contributed by atoms with E-state index in [1.807, 2.05) is 0 Å². The van der Waals surface area contributed by atoms with Gasteiger partial charge < -0.3 is 14.2 Å². The molecule has 6 atom stereocenters. The van der Waals surface area contributed by atoms with Crippen molar-refractivity contribution in [2.45, 2.75) is 32.1 Å². The highest BCUT2D eigenvalue weighted by molar-refractivity contribution is 6.04. The zero-order valence-electron chi connectivity index (χ0n) is 13.8. The van der Waals surface area contributed by atoms with E-state index in [0.717, 1.165) is 24.8 Å². The minimum absolute atomic E-state index is 0.564. The molecule has 0 amide bonds. The van der Waals surface area contributed by atoms with Crippen LogP contribution >= 0.6 is 0 Å². The van der Waals surface area contributed by atoms with E-state index in [2.05, 4.69) is 0 Å². The lowest BCUT2D eigenvalue weighted by Crippen LogP contribution is -2.61. The molecule has 2 saturated heterocycles. The summed E-state index contributed by atoms with van der Waals surface area (Å²) in [6.07, 6.45) is 3.98. The van der Waals surface area contributed by atoms with Gasteiger partial charge in [-0.05, 0) is 24.8 Å². The van der Waals surface area contributed by atoms with Crippen molar-refractivity contribution in [2.75, 3.05) is 7.11 Å². The first-order valence-corrected chi connectivity index (χ1v) is 8.81. The predicted octanol–water partition coefficient (Wildman–Crippen LogP) is 1.11. The molecule has 0 aromatic heterocycles. The number of rotatable bonds is 1. The van der Waals surface area contributed by atoms with E-state index < -0.39 is 58.9 Å². The lowest BCUT2D eigenvalue weighted by molar-refractivity contribution is -0.157. The number of esters is 4. The number of allylic oxidation sites excluding steroid dienone is 2. The Labute approximate surface area is 143 Å². The molecule has 2 bridgehead atoms. The third-order valence-corrected chi connectivity index (χ3v) is 6.96. The molecule has 132 valence electrons. The van der Waals surface area contributed by atoms with Crippen LogP contribution in [0, 0.1) is 35.0 Å². The normalized spacial score (nSPS) is 44.8. The summed E-state index contributed by atoms with van der Waals surface area (Å²) in [5.74, 6) is -5.34. The van der Waals surface area contributed by atoms with Crippen LogP contribution in [0.25, 0.3) is 0 Å². The highest BCUT2D eigenvalue weighted by Gasteiger charge is 2.77. The molecule has 1 spiro atoms. The second-order valence-corrected chi connectivity index (χ2v) is 7.66. The van der Waals surface area contributed by atoms with Crippen LogP contribution in [0.15, 0.2) is 11.3 Å². The van der Waals surface area contributed by atoms with Crippen LogP contribution in [0.5, 0.6) is 0 Å². The number of ether oxygens (including phenoxy) is 3. The molecule has 25 heavy (non-hydrogen) atoms. The summed E-state index contributed by atoms with van der Waals surface area (Å²) in [5.41, 5.74) is 0.0385. The number of hydrogen-bond donors (Lipinski definition) is 0. The van der Waals surface area contributed by atoms with Crippen molar-refractivity contribution in [2.24, 2.45) is 35.0 Å². The van der Waals surface area contributed by atoms with Crippen molar-refractivity contribution < 1.29 is 33.4 Å². The standard InChI is InChI=1S/C18H18O7/c1-23-13-7-5-3-2-4-6-18(7)11-9(14(19)24-16(11)21)8(13)10-12(18)17(22)25-15(10)20/h8-12H,2-6H2,1H3/t8?,9-,10+,11+,12-,18?. The van der Waals surface area contributed by atoms with Crippen molar-refractivity contribution in [1.82, 2.24) is 0 Å². The van der Waals surface area contributed by atoms with Crippen molar-refractivity contribution >= 4 is 23.9 Å². The molecule has 2 unspecified atom stereocenters. The summed E-state index contributed by atoms with van der Waals surface area (Å²) in [6.45, 7) is 0. The molecule has 0 radical (unpaired) electrons. The minimum atomic E-state index is -0.890. The van der Waals surface area contributed by atoms with Gasteiger partial charge in [0.05, 0.1) is 30.8 Å². The van der Waals surface area contributed by atoms with E-state index in [1.165, 1.54) is 7.11 Å². The molecule has 7 nitrogen and oxygen atoms in total. The van der Waals surface area contributed by atoms with Gasteiger partial charge in [0.25, 0.3) is 0 Å². The summed E-state index contributed by atoms with van der Waals surface area (Å²) in [4.78, 5) is 50.1. The van der Waals surface area contributed by atoms with Gasteiger partial charge in [0.2, 0.25) is 0 Å². The molecular weight excluding hydrogens is 328 g/mol. The van der Waals surface area contributed by atoms with E-state index in [1.54, 1.807) is 0 Å². The summed E-state index contributed by atoms with van der Waals surface area (Å²) >= 11 is 0. The van der Waals surface area contributed by atoms with E-state index in [0.29, 0.717) is 18.6 Å². The molecule has 0 aromatic carbocycles. The van der Waals surface area contributed by atoms with Crippen molar-refractivity contribution in [3.05, 3.63) is 11.3 Å². The van der Waals surface area contributed by atoms with Crippen LogP contribution in [0.1, 0.15) is 32.1 Å². The molecule has 0 N–H and O–H groups in total. The maximum Gasteiger partial charge on any atom is 0.318 e. The first kappa shape index (κ1) is 15.1. The van der Waals surface area contributed by atoms with Gasteiger partial charge in [-0.2, -0.15) is 0 Å². The van der Waals surface area contributed by atoms with Gasteiger partial charge in [0.15, 0.2) is 0 Å². The Hall–Kier alpha value is -2.18. The molecule has 2 heterocycles. The third-order valence-electron chi connectivity index (χ3n) is 6.96. The summed E-state index contributed by atoms with van der Waals surface area (Å²) in [5, 5.41) is 0. The lowest BCUT2D eigenvalue weighted by Gasteiger charge is -2.56. The topological polar surface area (TPSA) is 96.0 Å². The van der Waals surface area contributed by atoms with Crippen LogP contribution in [-0.4, -0.2) is 31.0 Å². The molecule has 6 rings (SSSR count). The van der Waals surface area contributed by atoms with Crippen LogP contribution < -0.4 is 0 Å². The number of methoxy groups -OCH3 is 1. The molecule has 6 aliphatic rings. The highest BCUT2D eigenvalue weighted by Crippen LogP contribution is 2.70. The van der Waals surface area contributed by atoms with Crippen LogP contribution in [0.4, 0.5) is 0 Å². The van der Waals surface area contributed by atoms with E-state index in [4.69, 9.17) is 14.2 Å². The summed E-state index contributed by atoms with van der Waals surface area (Å²) < 4.78 is 15.6. The smallest absolute Gasteiger partial charge is 0.318 e. The Kier molecular flexibility index (Phi) is 2.84. The Bertz CT molecular complexity index is 721. The Balaban J connectivity index is 1.84. The molecule has 0 aromatic rings. The van der Waals surface area contributed by atoms with Crippen LogP contribution in [-0.2, 0) is 33.4 Å².